The van der Waals surface area contributed by atoms with Gasteiger partial charge in [0.1, 0.15) is 5.75 Å². The van der Waals surface area contributed by atoms with Gasteiger partial charge in [-0.25, -0.2) is 0 Å². The first-order chi connectivity index (χ1) is 6.89. The van der Waals surface area contributed by atoms with Crippen LogP contribution in [0.5, 0.6) is 0 Å². The molecule has 0 aromatic heterocycles. The second-order valence-electron chi connectivity index (χ2n) is 3.15. The molecule has 16 heavy (non-hydrogen) atoms. The number of hydrogen-bond donors (Lipinski definition) is 4. The number of aliphatic hydroxyl groups excluding tert-OH is 3. The van der Waals surface area contributed by atoms with E-state index in [0.29, 0.717) is 0 Å². The van der Waals surface area contributed by atoms with E-state index in [-0.39, 0.29) is 62.4 Å². The second-order valence-corrected chi connectivity index (χ2v) is 4.65. The molecule has 0 bridgehead atoms. The van der Waals surface area contributed by atoms with E-state index < -0.39 is 22.0 Å². The van der Waals surface area contributed by atoms with Crippen LogP contribution < -0.4 is 0 Å². The van der Waals surface area contributed by atoms with Crippen molar-refractivity contribution in [1.29, 1.82) is 0 Å². The van der Waals surface area contributed by atoms with Crippen molar-refractivity contribution in [2.75, 3.05) is 38.6 Å². The average Bonchev–Trinajstić information content (AvgIpc) is 2.00. The fourth-order valence-electron chi connectivity index (χ4n) is 1.17. The van der Waals surface area contributed by atoms with Crippen LogP contribution in [0.3, 0.4) is 0 Å². The van der Waals surface area contributed by atoms with Crippen molar-refractivity contribution >= 4 is 39.7 Å². The molecule has 0 saturated heterocycles. The molecule has 0 aromatic carbocycles. The maximum absolute atomic E-state index is 10.4. The Balaban J connectivity index is 0. The molecule has 0 spiro atoms. The van der Waals surface area contributed by atoms with Gasteiger partial charge in [0, 0.05) is 19.6 Å². The summed E-state index contributed by atoms with van der Waals surface area (Å²) in [6.07, 6.45) is -1.24. The molecular weight excluding hydrogens is 249 g/mol. The van der Waals surface area contributed by atoms with Crippen LogP contribution in [0, 0.1) is 0 Å². The number of nitrogens with zero attached hydrogens (tertiary/aromatic N) is 1. The number of hydrogen-bond acceptors (Lipinski definition) is 6. The zero-order chi connectivity index (χ0) is 11.9. The Bertz CT molecular complexity index is 254. The molecule has 0 aliphatic carbocycles. The van der Waals surface area contributed by atoms with Crippen LogP contribution in [0.15, 0.2) is 0 Å². The van der Waals surface area contributed by atoms with Crippen LogP contribution in [0.2, 0.25) is 0 Å². The van der Waals surface area contributed by atoms with Crippen molar-refractivity contribution in [2.24, 2.45) is 0 Å². The van der Waals surface area contributed by atoms with Crippen molar-refractivity contribution in [3.63, 3.8) is 0 Å². The van der Waals surface area contributed by atoms with Crippen molar-refractivity contribution in [3.8, 4) is 0 Å². The Morgan fingerprint density at radius 3 is 1.88 bits per heavy atom. The topological polar surface area (TPSA) is 118 Å². The molecule has 9 heteroatoms. The summed E-state index contributed by atoms with van der Waals surface area (Å²) in [5.41, 5.74) is 0. The van der Waals surface area contributed by atoms with Gasteiger partial charge in [0.15, 0.2) is 0 Å². The van der Waals surface area contributed by atoms with Gasteiger partial charge in [0.05, 0.1) is 19.3 Å². The summed E-state index contributed by atoms with van der Waals surface area (Å²) < 4.78 is 29.3. The monoisotopic (exact) mass is 267 g/mol. The van der Waals surface area contributed by atoms with Crippen molar-refractivity contribution in [2.45, 2.75) is 6.10 Å². The molecule has 0 aromatic rings. The maximum atomic E-state index is 10.4. The molecule has 1 atom stereocenters. The molecule has 4 N–H and O–H groups in total. The van der Waals surface area contributed by atoms with Gasteiger partial charge < -0.3 is 15.3 Å². The predicted molar refractivity (Wildman–Crippen MR) is 60.2 cm³/mol. The summed E-state index contributed by atoms with van der Waals surface area (Å²) >= 11 is 0. The fraction of sp³-hybridized carbons (Fsp3) is 1.00. The summed E-state index contributed by atoms with van der Waals surface area (Å²) in [5.74, 6) is -0.750. The summed E-state index contributed by atoms with van der Waals surface area (Å²) in [6, 6.07) is 0. The van der Waals surface area contributed by atoms with Gasteiger partial charge in [0.25, 0.3) is 10.1 Å². The molecule has 7 nitrogen and oxygen atoms in total. The van der Waals surface area contributed by atoms with E-state index in [0.717, 1.165) is 0 Å². The second kappa shape index (κ2) is 9.75. The Morgan fingerprint density at radius 1 is 1.12 bits per heavy atom. The molecule has 0 rings (SSSR count). The average molecular weight is 267 g/mol. The molecule has 0 heterocycles. The van der Waals surface area contributed by atoms with Gasteiger partial charge in [-0.05, 0) is 0 Å². The van der Waals surface area contributed by atoms with E-state index in [4.69, 9.17) is 14.8 Å². The third-order valence-electron chi connectivity index (χ3n) is 1.70. The van der Waals surface area contributed by atoms with Gasteiger partial charge in [-0.1, -0.05) is 0 Å². The van der Waals surface area contributed by atoms with E-state index in [2.05, 4.69) is 0 Å². The normalized spacial score (nSPS) is 13.6. The summed E-state index contributed by atoms with van der Waals surface area (Å²) in [4.78, 5) is 1.50. The number of rotatable bonds is 8. The van der Waals surface area contributed by atoms with Gasteiger partial charge in [-0.2, -0.15) is 8.42 Å². The molecule has 0 aliphatic rings. The first-order valence-electron chi connectivity index (χ1n) is 4.46. The Labute approximate surface area is 117 Å². The van der Waals surface area contributed by atoms with Crippen molar-refractivity contribution < 1.29 is 28.3 Å². The summed E-state index contributed by atoms with van der Waals surface area (Å²) in [6.45, 7) is 0.115. The van der Waals surface area contributed by atoms with Crippen molar-refractivity contribution in [3.05, 3.63) is 0 Å². The first kappa shape index (κ1) is 19.1. The first-order valence-corrected chi connectivity index (χ1v) is 6.07. The van der Waals surface area contributed by atoms with Crippen LogP contribution in [-0.4, -0.2) is 107 Å². The molecule has 0 radical (unpaired) electrons. The van der Waals surface area contributed by atoms with E-state index >= 15 is 0 Å². The molecular formula is C7H18NNaO6S. The quantitative estimate of drug-likeness (QED) is 0.271. The zero-order valence-corrected chi connectivity index (χ0v) is 9.10. The van der Waals surface area contributed by atoms with E-state index in [9.17, 15) is 13.5 Å². The molecule has 0 aliphatic heterocycles. The summed E-state index contributed by atoms with van der Waals surface area (Å²) in [7, 11) is -4.20. The van der Waals surface area contributed by atoms with Gasteiger partial charge in [0.2, 0.25) is 0 Å². The van der Waals surface area contributed by atoms with Crippen LogP contribution in [0.4, 0.5) is 0 Å². The zero-order valence-electron chi connectivity index (χ0n) is 8.28. The fourth-order valence-corrected chi connectivity index (χ4v) is 1.76. The van der Waals surface area contributed by atoms with Gasteiger partial charge in [-0.15, -0.1) is 0 Å². The molecule has 0 amide bonds. The van der Waals surface area contributed by atoms with E-state index in [1.165, 1.54) is 4.90 Å². The van der Waals surface area contributed by atoms with Crippen LogP contribution >= 0.6 is 0 Å². The Hall–Kier alpha value is 0.750. The third-order valence-corrected chi connectivity index (χ3v) is 2.51. The molecule has 1 unspecified atom stereocenters. The molecule has 94 valence electrons. The molecule has 0 saturated carbocycles. The van der Waals surface area contributed by atoms with Crippen LogP contribution in [0.25, 0.3) is 0 Å². The third kappa shape index (κ3) is 11.2. The summed E-state index contributed by atoms with van der Waals surface area (Å²) in [5, 5.41) is 26.5. The van der Waals surface area contributed by atoms with Gasteiger partial charge >= 0.3 is 29.6 Å². The van der Waals surface area contributed by atoms with Crippen LogP contribution in [0.1, 0.15) is 0 Å². The Morgan fingerprint density at radius 2 is 1.56 bits per heavy atom. The van der Waals surface area contributed by atoms with Gasteiger partial charge in [-0.3, -0.25) is 9.45 Å². The van der Waals surface area contributed by atoms with E-state index in [1.807, 2.05) is 0 Å². The SMILES string of the molecule is O=S(=O)(O)CC(O)CN(CCO)CCO.[NaH]. The Kier molecular flexibility index (Phi) is 11.6. The van der Waals surface area contributed by atoms with E-state index in [1.54, 1.807) is 0 Å². The molecule has 0 fully saturated rings. The number of aliphatic hydroxyl groups is 3. The minimum atomic E-state index is -4.20. The minimum absolute atomic E-state index is 0. The standard InChI is InChI=1S/C7H17NO6S.Na.H/c9-3-1-8(2-4-10)5-7(11)6-15(12,13)14;;/h7,9-11H,1-6H2,(H,12,13,14);;. The van der Waals surface area contributed by atoms with Crippen LogP contribution in [-0.2, 0) is 10.1 Å². The van der Waals surface area contributed by atoms with Crippen molar-refractivity contribution in [1.82, 2.24) is 4.90 Å². The predicted octanol–water partition coefficient (Wildman–Crippen LogP) is -3.13.